The Kier molecular flexibility index (Phi) is 4.82. The van der Waals surface area contributed by atoms with E-state index in [2.05, 4.69) is 0 Å². The zero-order valence-electron chi connectivity index (χ0n) is 16.3. The highest BCUT2D eigenvalue weighted by Gasteiger charge is 2.22. The van der Waals surface area contributed by atoms with Gasteiger partial charge in [-0.05, 0) is 48.7 Å². The van der Waals surface area contributed by atoms with Gasteiger partial charge in [-0.3, -0.25) is 4.79 Å². The highest BCUT2D eigenvalue weighted by atomic mass is 35.5. The van der Waals surface area contributed by atoms with Crippen LogP contribution in [0, 0.1) is 0 Å². The summed E-state index contributed by atoms with van der Waals surface area (Å²) in [5, 5.41) is 5.51. The van der Waals surface area contributed by atoms with E-state index in [-0.39, 0.29) is 5.78 Å². The molecule has 5 rings (SSSR count). The number of Topliss-reactive ketones (excluding diaryl/α,β-unsaturated/α-hetero) is 1. The fraction of sp³-hybridized carbons (Fsp3) is 0.0769. The zero-order valence-corrected chi connectivity index (χ0v) is 17.0. The molecule has 30 heavy (non-hydrogen) atoms. The number of aryl methyl sites for hydroxylation is 1. The lowest BCUT2D eigenvalue weighted by Gasteiger charge is -2.17. The standard InChI is InChI=1S/C26H19ClN2O/c27-22-14-12-19(13-15-22)25-21(17-29(28-25)23-7-2-1-3-8-23)16-20-11-10-18-6-4-5-9-24(18)26(20)30/h1-9,12-17H,10-11H2/b20-16-. The van der Waals surface area contributed by atoms with Crippen molar-refractivity contribution in [3.8, 4) is 16.9 Å². The van der Waals surface area contributed by atoms with Crippen LogP contribution in [0.15, 0.2) is 90.6 Å². The highest BCUT2D eigenvalue weighted by Crippen LogP contribution is 2.31. The SMILES string of the molecule is O=C1/C(=C\c2cn(-c3ccccc3)nc2-c2ccc(Cl)cc2)CCc2ccccc21. The number of ketones is 1. The van der Waals surface area contributed by atoms with Gasteiger partial charge in [0.05, 0.1) is 11.4 Å². The maximum Gasteiger partial charge on any atom is 0.189 e. The number of rotatable bonds is 3. The Morgan fingerprint density at radius 1 is 0.867 bits per heavy atom. The van der Waals surface area contributed by atoms with E-state index in [0.29, 0.717) is 5.02 Å². The van der Waals surface area contributed by atoms with Crippen LogP contribution in [0.4, 0.5) is 0 Å². The van der Waals surface area contributed by atoms with Crippen LogP contribution in [0.2, 0.25) is 5.02 Å². The first kappa shape index (κ1) is 18.6. The summed E-state index contributed by atoms with van der Waals surface area (Å²) >= 11 is 6.08. The Morgan fingerprint density at radius 2 is 1.60 bits per heavy atom. The normalized spacial score (nSPS) is 14.7. The summed E-state index contributed by atoms with van der Waals surface area (Å²) in [6.45, 7) is 0. The number of carbonyl (C=O) groups excluding carboxylic acids is 1. The Labute approximate surface area is 180 Å². The lowest BCUT2D eigenvalue weighted by molar-refractivity contribution is 0.102. The third-order valence-corrected chi connectivity index (χ3v) is 5.68. The van der Waals surface area contributed by atoms with Crippen LogP contribution in [0.1, 0.15) is 27.9 Å². The second-order valence-electron chi connectivity index (χ2n) is 7.38. The number of carbonyl (C=O) groups is 1. The predicted octanol–water partition coefficient (Wildman–Crippen LogP) is 6.41. The summed E-state index contributed by atoms with van der Waals surface area (Å²) in [5.74, 6) is 0.103. The summed E-state index contributed by atoms with van der Waals surface area (Å²) in [5.41, 5.74) is 6.42. The zero-order chi connectivity index (χ0) is 20.5. The largest absolute Gasteiger partial charge is 0.289 e. The second-order valence-corrected chi connectivity index (χ2v) is 7.81. The summed E-state index contributed by atoms with van der Waals surface area (Å²) in [4.78, 5) is 13.1. The van der Waals surface area contributed by atoms with Gasteiger partial charge in [-0.2, -0.15) is 5.10 Å². The molecule has 1 aliphatic carbocycles. The molecule has 0 aliphatic heterocycles. The topological polar surface area (TPSA) is 34.9 Å². The summed E-state index contributed by atoms with van der Waals surface area (Å²) < 4.78 is 1.86. The van der Waals surface area contributed by atoms with E-state index in [1.165, 1.54) is 0 Å². The van der Waals surface area contributed by atoms with E-state index in [0.717, 1.165) is 52.0 Å². The van der Waals surface area contributed by atoms with Gasteiger partial charge in [-0.1, -0.05) is 66.2 Å². The average molecular weight is 411 g/mol. The first-order chi connectivity index (χ1) is 14.7. The quantitative estimate of drug-likeness (QED) is 0.366. The van der Waals surface area contributed by atoms with Crippen LogP contribution in [-0.2, 0) is 6.42 Å². The van der Waals surface area contributed by atoms with Gasteiger partial charge in [0.25, 0.3) is 0 Å². The van der Waals surface area contributed by atoms with Crippen LogP contribution >= 0.6 is 11.6 Å². The molecule has 0 fully saturated rings. The molecule has 1 aliphatic rings. The van der Waals surface area contributed by atoms with Crippen molar-refractivity contribution >= 4 is 23.5 Å². The van der Waals surface area contributed by atoms with Gasteiger partial charge < -0.3 is 0 Å². The van der Waals surface area contributed by atoms with E-state index < -0.39 is 0 Å². The van der Waals surface area contributed by atoms with Crippen LogP contribution in [0.3, 0.4) is 0 Å². The number of nitrogens with zero attached hydrogens (tertiary/aromatic N) is 2. The molecule has 0 atom stereocenters. The monoisotopic (exact) mass is 410 g/mol. The average Bonchev–Trinajstić information content (AvgIpc) is 3.21. The van der Waals surface area contributed by atoms with Crippen molar-refractivity contribution in [2.75, 3.05) is 0 Å². The summed E-state index contributed by atoms with van der Waals surface area (Å²) in [7, 11) is 0. The molecule has 1 aromatic heterocycles. The van der Waals surface area contributed by atoms with Gasteiger partial charge in [0.1, 0.15) is 0 Å². The molecule has 146 valence electrons. The third kappa shape index (κ3) is 3.49. The van der Waals surface area contributed by atoms with Crippen molar-refractivity contribution in [3.05, 3.63) is 112 Å². The maximum atomic E-state index is 13.1. The smallest absolute Gasteiger partial charge is 0.189 e. The molecule has 0 unspecified atom stereocenters. The van der Waals surface area contributed by atoms with E-state index in [9.17, 15) is 4.79 Å². The fourth-order valence-electron chi connectivity index (χ4n) is 3.88. The van der Waals surface area contributed by atoms with Crippen molar-refractivity contribution in [2.45, 2.75) is 12.8 Å². The number of para-hydroxylation sites is 1. The first-order valence-electron chi connectivity index (χ1n) is 9.93. The molecule has 0 spiro atoms. The lowest BCUT2D eigenvalue weighted by Crippen LogP contribution is -2.13. The van der Waals surface area contributed by atoms with E-state index in [1.807, 2.05) is 95.8 Å². The molecular formula is C26H19ClN2O. The van der Waals surface area contributed by atoms with Crippen molar-refractivity contribution in [1.29, 1.82) is 0 Å². The summed E-state index contributed by atoms with van der Waals surface area (Å²) in [6.07, 6.45) is 5.58. The molecule has 4 aromatic rings. The van der Waals surface area contributed by atoms with Gasteiger partial charge >= 0.3 is 0 Å². The molecule has 4 heteroatoms. The second kappa shape index (κ2) is 7.77. The van der Waals surface area contributed by atoms with Gasteiger partial charge in [-0.25, -0.2) is 4.68 Å². The molecule has 0 saturated heterocycles. The molecule has 3 aromatic carbocycles. The number of benzene rings is 3. The van der Waals surface area contributed by atoms with Gasteiger partial charge in [0.15, 0.2) is 5.78 Å². The van der Waals surface area contributed by atoms with Gasteiger partial charge in [0, 0.05) is 33.5 Å². The molecule has 0 amide bonds. The molecular weight excluding hydrogens is 392 g/mol. The number of fused-ring (bicyclic) bond motifs is 1. The minimum absolute atomic E-state index is 0.103. The number of hydrogen-bond acceptors (Lipinski definition) is 2. The first-order valence-corrected chi connectivity index (χ1v) is 10.3. The third-order valence-electron chi connectivity index (χ3n) is 5.43. The highest BCUT2D eigenvalue weighted by molar-refractivity contribution is 6.30. The van der Waals surface area contributed by atoms with Crippen molar-refractivity contribution in [3.63, 3.8) is 0 Å². The fourth-order valence-corrected chi connectivity index (χ4v) is 4.01. The number of aromatic nitrogens is 2. The molecule has 1 heterocycles. The van der Waals surface area contributed by atoms with Gasteiger partial charge in [0.2, 0.25) is 0 Å². The Bertz CT molecular complexity index is 1250. The number of allylic oxidation sites excluding steroid dienone is 1. The number of hydrogen-bond donors (Lipinski definition) is 0. The van der Waals surface area contributed by atoms with Gasteiger partial charge in [-0.15, -0.1) is 0 Å². The predicted molar refractivity (Wildman–Crippen MR) is 121 cm³/mol. The maximum absolute atomic E-state index is 13.1. The molecule has 0 saturated carbocycles. The van der Waals surface area contributed by atoms with Crippen molar-refractivity contribution in [1.82, 2.24) is 9.78 Å². The van der Waals surface area contributed by atoms with Crippen molar-refractivity contribution in [2.24, 2.45) is 0 Å². The molecule has 3 nitrogen and oxygen atoms in total. The Balaban J connectivity index is 1.62. The summed E-state index contributed by atoms with van der Waals surface area (Å²) in [6, 6.07) is 25.5. The van der Waals surface area contributed by atoms with Crippen molar-refractivity contribution < 1.29 is 4.79 Å². The molecule has 0 N–H and O–H groups in total. The van der Waals surface area contributed by atoms with E-state index >= 15 is 0 Å². The molecule has 0 bridgehead atoms. The minimum Gasteiger partial charge on any atom is -0.289 e. The lowest BCUT2D eigenvalue weighted by atomic mass is 9.86. The minimum atomic E-state index is 0.103. The number of halogens is 1. The Hall–Kier alpha value is -3.43. The molecule has 0 radical (unpaired) electrons. The van der Waals surface area contributed by atoms with Crippen LogP contribution in [0.5, 0.6) is 0 Å². The van der Waals surface area contributed by atoms with E-state index in [4.69, 9.17) is 16.7 Å². The van der Waals surface area contributed by atoms with Crippen LogP contribution in [-0.4, -0.2) is 15.6 Å². The van der Waals surface area contributed by atoms with Crippen LogP contribution < -0.4 is 0 Å². The van der Waals surface area contributed by atoms with E-state index in [1.54, 1.807) is 0 Å². The Morgan fingerprint density at radius 3 is 2.40 bits per heavy atom. The van der Waals surface area contributed by atoms with Crippen LogP contribution in [0.25, 0.3) is 23.0 Å².